The molecule has 5 heteroatoms. The normalized spacial score (nSPS) is 18.3. The fourth-order valence-corrected chi connectivity index (χ4v) is 2.42. The van der Waals surface area contributed by atoms with Gasteiger partial charge in [0, 0.05) is 26.7 Å². The van der Waals surface area contributed by atoms with Crippen molar-refractivity contribution in [2.24, 2.45) is 11.7 Å². The Labute approximate surface area is 126 Å². The van der Waals surface area contributed by atoms with Crippen molar-refractivity contribution < 1.29 is 14.3 Å². The largest absolute Gasteiger partial charge is 0.484 e. The summed E-state index contributed by atoms with van der Waals surface area (Å²) < 4.78 is 10.9. The molecule has 0 radical (unpaired) electrons. The van der Waals surface area contributed by atoms with Crippen LogP contribution in [0, 0.1) is 5.92 Å². The van der Waals surface area contributed by atoms with E-state index in [-0.39, 0.29) is 12.5 Å². The molecule has 1 fully saturated rings. The van der Waals surface area contributed by atoms with Gasteiger partial charge in [-0.25, -0.2) is 0 Å². The molecule has 116 valence electrons. The Bertz CT molecular complexity index is 441. The maximum absolute atomic E-state index is 12.1. The molecule has 1 atom stereocenters. The lowest BCUT2D eigenvalue weighted by Gasteiger charge is -2.27. The van der Waals surface area contributed by atoms with Gasteiger partial charge in [-0.15, -0.1) is 0 Å². The molecule has 1 unspecified atom stereocenters. The predicted octanol–water partition coefficient (Wildman–Crippen LogP) is 1.41. The highest BCUT2D eigenvalue weighted by molar-refractivity contribution is 5.77. The second-order valence-electron chi connectivity index (χ2n) is 5.49. The van der Waals surface area contributed by atoms with E-state index in [0.717, 1.165) is 38.2 Å². The third-order valence-electron chi connectivity index (χ3n) is 3.73. The highest BCUT2D eigenvalue weighted by Gasteiger charge is 2.18. The molecule has 1 aromatic carbocycles. The zero-order valence-electron chi connectivity index (χ0n) is 12.6. The minimum atomic E-state index is -0.0107. The summed E-state index contributed by atoms with van der Waals surface area (Å²) in [7, 11) is 1.82. The molecule has 1 aliphatic rings. The van der Waals surface area contributed by atoms with Crippen molar-refractivity contribution in [2.45, 2.75) is 19.4 Å². The highest BCUT2D eigenvalue weighted by Crippen LogP contribution is 2.15. The lowest BCUT2D eigenvalue weighted by atomic mass is 10.0. The summed E-state index contributed by atoms with van der Waals surface area (Å²) in [5, 5.41) is 0. The quantitative estimate of drug-likeness (QED) is 0.861. The number of nitrogens with two attached hydrogens (primary N) is 1. The number of hydrogen-bond donors (Lipinski definition) is 1. The molecule has 0 spiro atoms. The van der Waals surface area contributed by atoms with E-state index in [9.17, 15) is 4.79 Å². The zero-order valence-corrected chi connectivity index (χ0v) is 12.6. The molecule has 1 saturated heterocycles. The van der Waals surface area contributed by atoms with Crippen LogP contribution in [-0.2, 0) is 16.1 Å². The first-order chi connectivity index (χ1) is 10.2. The molecule has 2 rings (SSSR count). The van der Waals surface area contributed by atoms with Crippen LogP contribution in [0.4, 0.5) is 0 Å². The van der Waals surface area contributed by atoms with Crippen molar-refractivity contribution in [2.75, 3.05) is 33.4 Å². The van der Waals surface area contributed by atoms with Gasteiger partial charge in [0.15, 0.2) is 6.61 Å². The van der Waals surface area contributed by atoms with Crippen molar-refractivity contribution >= 4 is 5.91 Å². The number of ether oxygens (including phenoxy) is 2. The Morgan fingerprint density at radius 2 is 2.19 bits per heavy atom. The van der Waals surface area contributed by atoms with E-state index >= 15 is 0 Å². The van der Waals surface area contributed by atoms with Crippen LogP contribution in [0.3, 0.4) is 0 Å². The maximum Gasteiger partial charge on any atom is 0.260 e. The van der Waals surface area contributed by atoms with Crippen molar-refractivity contribution in [3.63, 3.8) is 0 Å². The topological polar surface area (TPSA) is 64.8 Å². The van der Waals surface area contributed by atoms with Gasteiger partial charge in [0.1, 0.15) is 5.75 Å². The molecule has 5 nitrogen and oxygen atoms in total. The Balaban J connectivity index is 1.74. The molecule has 1 amide bonds. The summed E-state index contributed by atoms with van der Waals surface area (Å²) in [6.07, 6.45) is 2.20. The third kappa shape index (κ3) is 5.02. The van der Waals surface area contributed by atoms with Gasteiger partial charge in [-0.2, -0.15) is 0 Å². The molecule has 0 saturated carbocycles. The smallest absolute Gasteiger partial charge is 0.260 e. The number of rotatable bonds is 6. The number of likely N-dealkylation sites (N-methyl/N-ethyl adjacent to an activating group) is 1. The summed E-state index contributed by atoms with van der Waals surface area (Å²) in [4.78, 5) is 13.8. The van der Waals surface area contributed by atoms with Gasteiger partial charge < -0.3 is 20.1 Å². The molecular weight excluding hydrogens is 268 g/mol. The average molecular weight is 292 g/mol. The summed E-state index contributed by atoms with van der Waals surface area (Å²) in [6.45, 7) is 2.89. The average Bonchev–Trinajstić information content (AvgIpc) is 2.54. The number of nitrogens with zero attached hydrogens (tertiary/aromatic N) is 1. The Morgan fingerprint density at radius 3 is 2.81 bits per heavy atom. The lowest BCUT2D eigenvalue weighted by molar-refractivity contribution is -0.133. The third-order valence-corrected chi connectivity index (χ3v) is 3.73. The minimum absolute atomic E-state index is 0.0107. The first-order valence-corrected chi connectivity index (χ1v) is 7.42. The van der Waals surface area contributed by atoms with E-state index in [2.05, 4.69) is 0 Å². The second-order valence-corrected chi connectivity index (χ2v) is 5.49. The number of hydrogen-bond acceptors (Lipinski definition) is 4. The summed E-state index contributed by atoms with van der Waals surface area (Å²) >= 11 is 0. The summed E-state index contributed by atoms with van der Waals surface area (Å²) in [6, 6.07) is 7.49. The molecule has 2 N–H and O–H groups in total. The van der Waals surface area contributed by atoms with Gasteiger partial charge >= 0.3 is 0 Å². The van der Waals surface area contributed by atoms with Gasteiger partial charge in [0.2, 0.25) is 0 Å². The van der Waals surface area contributed by atoms with Crippen LogP contribution in [0.1, 0.15) is 18.4 Å². The van der Waals surface area contributed by atoms with Crippen LogP contribution >= 0.6 is 0 Å². The van der Waals surface area contributed by atoms with E-state index in [0.29, 0.717) is 18.2 Å². The zero-order chi connectivity index (χ0) is 15.1. The SMILES string of the molecule is CN(CC1CCCOC1)C(=O)COc1ccc(CN)cc1. The van der Waals surface area contributed by atoms with Gasteiger partial charge in [0.05, 0.1) is 6.61 Å². The van der Waals surface area contributed by atoms with E-state index in [1.54, 1.807) is 4.90 Å². The van der Waals surface area contributed by atoms with Gasteiger partial charge in [-0.1, -0.05) is 12.1 Å². The molecule has 0 bridgehead atoms. The Morgan fingerprint density at radius 1 is 1.43 bits per heavy atom. The fourth-order valence-electron chi connectivity index (χ4n) is 2.42. The molecule has 21 heavy (non-hydrogen) atoms. The van der Waals surface area contributed by atoms with Crippen molar-refractivity contribution in [3.05, 3.63) is 29.8 Å². The van der Waals surface area contributed by atoms with E-state index in [1.807, 2.05) is 31.3 Å². The minimum Gasteiger partial charge on any atom is -0.484 e. The van der Waals surface area contributed by atoms with E-state index < -0.39 is 0 Å². The molecule has 0 aliphatic carbocycles. The van der Waals surface area contributed by atoms with Gasteiger partial charge in [0.25, 0.3) is 5.91 Å². The first kappa shape index (κ1) is 15.8. The number of carbonyl (C=O) groups is 1. The Hall–Kier alpha value is -1.59. The maximum atomic E-state index is 12.1. The number of benzene rings is 1. The van der Waals surface area contributed by atoms with Crippen molar-refractivity contribution in [3.8, 4) is 5.75 Å². The van der Waals surface area contributed by atoms with Crippen LogP contribution in [0.15, 0.2) is 24.3 Å². The molecule has 1 aliphatic heterocycles. The molecule has 0 aromatic heterocycles. The number of amides is 1. The van der Waals surface area contributed by atoms with E-state index in [1.165, 1.54) is 0 Å². The van der Waals surface area contributed by atoms with Crippen LogP contribution in [0.5, 0.6) is 5.75 Å². The van der Waals surface area contributed by atoms with E-state index in [4.69, 9.17) is 15.2 Å². The van der Waals surface area contributed by atoms with Crippen LogP contribution in [0.25, 0.3) is 0 Å². The second kappa shape index (κ2) is 8.00. The monoisotopic (exact) mass is 292 g/mol. The van der Waals surface area contributed by atoms with Crippen LogP contribution in [-0.4, -0.2) is 44.2 Å². The van der Waals surface area contributed by atoms with Crippen LogP contribution in [0.2, 0.25) is 0 Å². The Kier molecular flexibility index (Phi) is 6.02. The summed E-state index contributed by atoms with van der Waals surface area (Å²) in [5.74, 6) is 1.12. The standard InChI is InChI=1S/C16H24N2O3/c1-18(10-14-3-2-8-20-11-14)16(19)12-21-15-6-4-13(9-17)5-7-15/h4-7,14H,2-3,8-12,17H2,1H3. The van der Waals surface area contributed by atoms with Crippen molar-refractivity contribution in [1.29, 1.82) is 0 Å². The lowest BCUT2D eigenvalue weighted by Crippen LogP contribution is -2.37. The summed E-state index contributed by atoms with van der Waals surface area (Å²) in [5.41, 5.74) is 6.58. The number of carbonyl (C=O) groups excluding carboxylic acids is 1. The molecule has 1 heterocycles. The van der Waals surface area contributed by atoms with Crippen molar-refractivity contribution in [1.82, 2.24) is 4.90 Å². The van der Waals surface area contributed by atoms with Crippen LogP contribution < -0.4 is 10.5 Å². The molecular formula is C16H24N2O3. The van der Waals surface area contributed by atoms with Gasteiger partial charge in [-0.05, 0) is 36.5 Å². The fraction of sp³-hybridized carbons (Fsp3) is 0.562. The highest BCUT2D eigenvalue weighted by atomic mass is 16.5. The first-order valence-electron chi connectivity index (χ1n) is 7.42. The van der Waals surface area contributed by atoms with Gasteiger partial charge in [-0.3, -0.25) is 4.79 Å². The predicted molar refractivity (Wildman–Crippen MR) is 81.0 cm³/mol. The molecule has 1 aromatic rings.